The average molecular weight is 306 g/mol. The number of aromatic nitrogens is 2. The lowest BCUT2D eigenvalue weighted by Crippen LogP contribution is -2.32. The lowest BCUT2D eigenvalue weighted by Gasteiger charge is -2.20. The lowest BCUT2D eigenvalue weighted by atomic mass is 10.2. The van der Waals surface area contributed by atoms with Crippen molar-refractivity contribution in [3.8, 4) is 6.07 Å². The summed E-state index contributed by atoms with van der Waals surface area (Å²) in [6.07, 6.45) is 3.26. The largest absolute Gasteiger partial charge is 0.467 e. The molecule has 2 aromatic heterocycles. The van der Waals surface area contributed by atoms with Crippen molar-refractivity contribution < 1.29 is 9.21 Å². The van der Waals surface area contributed by atoms with Crippen LogP contribution in [0.2, 0.25) is 0 Å². The number of carbonyl (C=O) groups is 1. The van der Waals surface area contributed by atoms with Crippen molar-refractivity contribution in [1.29, 1.82) is 5.26 Å². The monoisotopic (exact) mass is 306 g/mol. The molecule has 3 aromatic rings. The molecular formula is C17H14N4O2. The van der Waals surface area contributed by atoms with E-state index in [1.54, 1.807) is 23.3 Å². The fourth-order valence-corrected chi connectivity index (χ4v) is 2.25. The summed E-state index contributed by atoms with van der Waals surface area (Å²) in [6, 6.07) is 13.0. The predicted octanol–water partition coefficient (Wildman–Crippen LogP) is 2.78. The number of rotatable bonds is 5. The minimum Gasteiger partial charge on any atom is -0.467 e. The summed E-state index contributed by atoms with van der Waals surface area (Å²) in [6.45, 7) is 0.604. The summed E-state index contributed by atoms with van der Waals surface area (Å²) in [7, 11) is 0. The van der Waals surface area contributed by atoms with Gasteiger partial charge in [0.1, 0.15) is 11.5 Å². The van der Waals surface area contributed by atoms with Crippen LogP contribution in [-0.4, -0.2) is 27.3 Å². The number of amides is 1. The highest BCUT2D eigenvalue weighted by atomic mass is 16.3. The molecule has 0 radical (unpaired) electrons. The molecule has 0 bridgehead atoms. The van der Waals surface area contributed by atoms with Crippen LogP contribution in [0, 0.1) is 11.3 Å². The molecule has 0 spiro atoms. The Bertz CT molecular complexity index is 852. The van der Waals surface area contributed by atoms with Gasteiger partial charge < -0.3 is 9.32 Å². The Kier molecular flexibility index (Phi) is 4.29. The van der Waals surface area contributed by atoms with Gasteiger partial charge in [0, 0.05) is 6.54 Å². The predicted molar refractivity (Wildman–Crippen MR) is 83.2 cm³/mol. The third-order valence-corrected chi connectivity index (χ3v) is 3.38. The van der Waals surface area contributed by atoms with Gasteiger partial charge in [0.25, 0.3) is 5.91 Å². The van der Waals surface area contributed by atoms with E-state index in [0.29, 0.717) is 24.4 Å². The number of para-hydroxylation sites is 2. The lowest BCUT2D eigenvalue weighted by molar-refractivity contribution is 0.0729. The van der Waals surface area contributed by atoms with E-state index in [1.807, 2.05) is 24.3 Å². The van der Waals surface area contributed by atoms with Crippen molar-refractivity contribution in [3.63, 3.8) is 0 Å². The molecule has 0 fully saturated rings. The first-order valence-electron chi connectivity index (χ1n) is 7.18. The number of nitrogens with zero attached hydrogens (tertiary/aromatic N) is 4. The molecule has 6 nitrogen and oxygen atoms in total. The highest BCUT2D eigenvalue weighted by Crippen LogP contribution is 2.13. The zero-order chi connectivity index (χ0) is 16.1. The Morgan fingerprint density at radius 2 is 2.04 bits per heavy atom. The summed E-state index contributed by atoms with van der Waals surface area (Å²) >= 11 is 0. The quantitative estimate of drug-likeness (QED) is 0.723. The summed E-state index contributed by atoms with van der Waals surface area (Å²) in [5.74, 6) is 0.389. The van der Waals surface area contributed by atoms with E-state index in [2.05, 4.69) is 16.0 Å². The van der Waals surface area contributed by atoms with E-state index in [-0.39, 0.29) is 18.0 Å². The second-order valence-corrected chi connectivity index (χ2v) is 4.96. The second kappa shape index (κ2) is 6.71. The molecule has 0 N–H and O–H groups in total. The highest BCUT2D eigenvalue weighted by molar-refractivity contribution is 5.93. The molecule has 0 unspecified atom stereocenters. The Morgan fingerprint density at radius 3 is 2.78 bits per heavy atom. The van der Waals surface area contributed by atoms with E-state index >= 15 is 0 Å². The van der Waals surface area contributed by atoms with E-state index in [9.17, 15) is 4.79 Å². The number of fused-ring (bicyclic) bond motifs is 1. The van der Waals surface area contributed by atoms with Gasteiger partial charge >= 0.3 is 0 Å². The molecule has 0 saturated heterocycles. The van der Waals surface area contributed by atoms with Gasteiger partial charge in [-0.3, -0.25) is 9.78 Å². The number of hydrogen-bond donors (Lipinski definition) is 0. The van der Waals surface area contributed by atoms with Gasteiger partial charge in [-0.1, -0.05) is 12.1 Å². The maximum absolute atomic E-state index is 12.7. The number of hydrogen-bond acceptors (Lipinski definition) is 5. The molecule has 2 heterocycles. The van der Waals surface area contributed by atoms with Crippen molar-refractivity contribution in [2.45, 2.75) is 13.0 Å². The van der Waals surface area contributed by atoms with Gasteiger partial charge in [0.05, 0.1) is 42.5 Å². The van der Waals surface area contributed by atoms with Crippen LogP contribution in [0.3, 0.4) is 0 Å². The third kappa shape index (κ3) is 3.35. The molecular weight excluding hydrogens is 292 g/mol. The molecule has 114 valence electrons. The molecule has 0 aliphatic rings. The average Bonchev–Trinajstić information content (AvgIpc) is 3.10. The molecule has 6 heteroatoms. The summed E-state index contributed by atoms with van der Waals surface area (Å²) in [4.78, 5) is 22.9. The maximum atomic E-state index is 12.7. The Morgan fingerprint density at radius 1 is 1.22 bits per heavy atom. The van der Waals surface area contributed by atoms with Crippen LogP contribution in [0.1, 0.15) is 22.7 Å². The Labute approximate surface area is 133 Å². The SMILES string of the molecule is N#CCCN(Cc1ccco1)C(=O)c1cnc2ccccc2n1. The molecule has 0 aliphatic heterocycles. The van der Waals surface area contributed by atoms with Gasteiger partial charge in [-0.2, -0.15) is 5.26 Å². The van der Waals surface area contributed by atoms with Crippen LogP contribution in [0.25, 0.3) is 11.0 Å². The number of carbonyl (C=O) groups excluding carboxylic acids is 1. The van der Waals surface area contributed by atoms with Crippen LogP contribution in [0.4, 0.5) is 0 Å². The molecule has 23 heavy (non-hydrogen) atoms. The molecule has 0 aliphatic carbocycles. The van der Waals surface area contributed by atoms with Crippen molar-refractivity contribution in [1.82, 2.24) is 14.9 Å². The first kappa shape index (κ1) is 14.7. The van der Waals surface area contributed by atoms with Crippen LogP contribution < -0.4 is 0 Å². The van der Waals surface area contributed by atoms with E-state index < -0.39 is 0 Å². The number of nitriles is 1. The van der Waals surface area contributed by atoms with Crippen molar-refractivity contribution >= 4 is 16.9 Å². The molecule has 3 rings (SSSR count). The molecule has 0 atom stereocenters. The first-order chi connectivity index (χ1) is 11.3. The minimum absolute atomic E-state index is 0.244. The molecule has 1 amide bonds. The van der Waals surface area contributed by atoms with Crippen molar-refractivity contribution in [3.05, 3.63) is 60.3 Å². The van der Waals surface area contributed by atoms with E-state index in [1.165, 1.54) is 6.20 Å². The van der Waals surface area contributed by atoms with E-state index in [0.717, 1.165) is 5.52 Å². The Hall–Kier alpha value is -3.20. The summed E-state index contributed by atoms with van der Waals surface area (Å²) in [5.41, 5.74) is 1.66. The zero-order valence-corrected chi connectivity index (χ0v) is 12.3. The fraction of sp³-hybridized carbons (Fsp3) is 0.176. The van der Waals surface area contributed by atoms with Gasteiger partial charge in [-0.25, -0.2) is 4.98 Å². The van der Waals surface area contributed by atoms with Crippen molar-refractivity contribution in [2.24, 2.45) is 0 Å². The molecule has 0 saturated carbocycles. The third-order valence-electron chi connectivity index (χ3n) is 3.38. The summed E-state index contributed by atoms with van der Waals surface area (Å²) < 4.78 is 5.29. The van der Waals surface area contributed by atoms with Gasteiger partial charge in [-0.05, 0) is 24.3 Å². The van der Waals surface area contributed by atoms with E-state index in [4.69, 9.17) is 9.68 Å². The van der Waals surface area contributed by atoms with Crippen LogP contribution in [-0.2, 0) is 6.54 Å². The number of furan rings is 1. The van der Waals surface area contributed by atoms with Crippen LogP contribution >= 0.6 is 0 Å². The zero-order valence-electron chi connectivity index (χ0n) is 12.3. The minimum atomic E-state index is -0.269. The van der Waals surface area contributed by atoms with Gasteiger partial charge in [0.2, 0.25) is 0 Å². The summed E-state index contributed by atoms with van der Waals surface area (Å²) in [5, 5.41) is 8.80. The fourth-order valence-electron chi connectivity index (χ4n) is 2.25. The normalized spacial score (nSPS) is 10.4. The first-order valence-corrected chi connectivity index (χ1v) is 7.18. The van der Waals surface area contributed by atoms with Gasteiger partial charge in [-0.15, -0.1) is 0 Å². The topological polar surface area (TPSA) is 83.0 Å². The number of benzene rings is 1. The van der Waals surface area contributed by atoms with Crippen molar-refractivity contribution in [2.75, 3.05) is 6.54 Å². The standard InChI is InChI=1S/C17H14N4O2/c18-8-4-9-21(12-13-5-3-10-23-13)17(22)16-11-19-14-6-1-2-7-15(14)20-16/h1-3,5-7,10-11H,4,9,12H2. The smallest absolute Gasteiger partial charge is 0.274 e. The molecule has 1 aromatic carbocycles. The van der Waals surface area contributed by atoms with Crippen LogP contribution in [0.15, 0.2) is 53.3 Å². The van der Waals surface area contributed by atoms with Crippen LogP contribution in [0.5, 0.6) is 0 Å². The van der Waals surface area contributed by atoms with Gasteiger partial charge in [0.15, 0.2) is 0 Å². The Balaban J connectivity index is 1.87. The maximum Gasteiger partial charge on any atom is 0.274 e. The highest BCUT2D eigenvalue weighted by Gasteiger charge is 2.19. The second-order valence-electron chi connectivity index (χ2n) is 4.96.